The predicted octanol–water partition coefficient (Wildman–Crippen LogP) is 2.17. The lowest BCUT2D eigenvalue weighted by Crippen LogP contribution is -2.17. The zero-order chi connectivity index (χ0) is 15.3. The molecule has 21 heavy (non-hydrogen) atoms. The molecule has 0 radical (unpaired) electrons. The van der Waals surface area contributed by atoms with Crippen molar-refractivity contribution in [3.05, 3.63) is 36.7 Å². The molecule has 0 aliphatic carbocycles. The number of aromatic nitrogens is 3. The van der Waals surface area contributed by atoms with Gasteiger partial charge in [0, 0.05) is 11.9 Å². The molecule has 2 rings (SSSR count). The number of nitrogens with one attached hydrogen (secondary N) is 1. The third-order valence-corrected chi connectivity index (χ3v) is 4.32. The van der Waals surface area contributed by atoms with Gasteiger partial charge in [-0.1, -0.05) is 0 Å². The first-order chi connectivity index (χ1) is 10.0. The Hall–Kier alpha value is -1.67. The number of alkyl halides is 1. The first-order valence-electron chi connectivity index (χ1n) is 6.23. The van der Waals surface area contributed by atoms with Gasteiger partial charge in [0.2, 0.25) is 10.0 Å². The molecule has 1 heterocycles. The van der Waals surface area contributed by atoms with Gasteiger partial charge in [0.25, 0.3) is 0 Å². The second-order valence-electron chi connectivity index (χ2n) is 4.32. The van der Waals surface area contributed by atoms with E-state index < -0.39 is 15.8 Å². The van der Waals surface area contributed by atoms with E-state index in [4.69, 9.17) is 11.6 Å². The highest BCUT2D eigenvalue weighted by molar-refractivity contribution is 7.92. The summed E-state index contributed by atoms with van der Waals surface area (Å²) in [5.74, 6) is -0.232. The number of rotatable bonds is 7. The molecule has 0 saturated carbocycles. The fourth-order valence-electron chi connectivity index (χ4n) is 1.71. The minimum atomic E-state index is -3.50. The van der Waals surface area contributed by atoms with Gasteiger partial charge < -0.3 is 0 Å². The van der Waals surface area contributed by atoms with Gasteiger partial charge in [0.15, 0.2) is 5.82 Å². The van der Waals surface area contributed by atoms with Crippen LogP contribution in [0.2, 0.25) is 0 Å². The zero-order valence-electron chi connectivity index (χ0n) is 11.0. The number of anilines is 1. The molecular formula is C12H14ClFN4O2S. The summed E-state index contributed by atoms with van der Waals surface area (Å²) in [5.41, 5.74) is 0.361. The van der Waals surface area contributed by atoms with Crippen LogP contribution in [0.3, 0.4) is 0 Å². The third-order valence-electron chi connectivity index (χ3n) is 2.68. The van der Waals surface area contributed by atoms with Gasteiger partial charge in [0.05, 0.1) is 11.4 Å². The van der Waals surface area contributed by atoms with Crippen LogP contribution in [0.15, 0.2) is 30.9 Å². The van der Waals surface area contributed by atoms with Crippen LogP contribution >= 0.6 is 11.6 Å². The molecule has 6 nitrogen and oxygen atoms in total. The second kappa shape index (κ2) is 6.86. The zero-order valence-corrected chi connectivity index (χ0v) is 12.6. The fraction of sp³-hybridized carbons (Fsp3) is 0.333. The average Bonchev–Trinajstić information content (AvgIpc) is 2.92. The molecule has 0 spiro atoms. The van der Waals surface area contributed by atoms with Gasteiger partial charge in [-0.15, -0.1) is 11.6 Å². The Morgan fingerprint density at radius 2 is 2.14 bits per heavy atom. The molecule has 114 valence electrons. The van der Waals surface area contributed by atoms with E-state index in [1.807, 2.05) is 0 Å². The molecule has 1 aromatic carbocycles. The van der Waals surface area contributed by atoms with E-state index in [0.29, 0.717) is 18.7 Å². The highest BCUT2D eigenvalue weighted by Crippen LogP contribution is 2.18. The van der Waals surface area contributed by atoms with Crippen LogP contribution in [0.4, 0.5) is 10.1 Å². The molecule has 0 amide bonds. The SMILES string of the molecule is O=S(=O)(CCCCCl)Nc1ccc(-n2cncn2)c(F)c1. The Balaban J connectivity index is 2.10. The monoisotopic (exact) mass is 332 g/mol. The van der Waals surface area contributed by atoms with Gasteiger partial charge in [-0.3, -0.25) is 4.72 Å². The van der Waals surface area contributed by atoms with E-state index in [1.165, 1.54) is 29.5 Å². The van der Waals surface area contributed by atoms with Gasteiger partial charge in [0.1, 0.15) is 18.3 Å². The van der Waals surface area contributed by atoms with Crippen molar-refractivity contribution in [2.45, 2.75) is 12.8 Å². The minimum Gasteiger partial charge on any atom is -0.283 e. The van der Waals surface area contributed by atoms with Crippen molar-refractivity contribution in [2.75, 3.05) is 16.4 Å². The molecule has 0 aliphatic rings. The second-order valence-corrected chi connectivity index (χ2v) is 6.54. The fourth-order valence-corrected chi connectivity index (χ4v) is 3.07. The first kappa shape index (κ1) is 15.7. The summed E-state index contributed by atoms with van der Waals surface area (Å²) in [7, 11) is -3.50. The summed E-state index contributed by atoms with van der Waals surface area (Å²) < 4.78 is 41.1. The van der Waals surface area contributed by atoms with Gasteiger partial charge in [-0.2, -0.15) is 5.10 Å². The molecule has 9 heteroatoms. The Bertz CT molecular complexity index is 691. The number of sulfonamides is 1. The number of benzene rings is 1. The third kappa shape index (κ3) is 4.40. The van der Waals surface area contributed by atoms with Crippen LogP contribution in [-0.2, 0) is 10.0 Å². The molecule has 0 aliphatic heterocycles. The van der Waals surface area contributed by atoms with Crippen molar-refractivity contribution in [1.29, 1.82) is 0 Å². The topological polar surface area (TPSA) is 76.9 Å². The largest absolute Gasteiger partial charge is 0.283 e. The molecule has 0 bridgehead atoms. The summed E-state index contributed by atoms with van der Waals surface area (Å²) in [6, 6.07) is 4.01. The maximum absolute atomic E-state index is 14.0. The van der Waals surface area contributed by atoms with Crippen molar-refractivity contribution < 1.29 is 12.8 Å². The number of hydrogen-bond acceptors (Lipinski definition) is 4. The summed E-state index contributed by atoms with van der Waals surface area (Å²) in [4.78, 5) is 3.73. The summed E-state index contributed by atoms with van der Waals surface area (Å²) in [6.45, 7) is 0. The molecule has 1 aromatic heterocycles. The molecular weight excluding hydrogens is 319 g/mol. The number of unbranched alkanes of at least 4 members (excludes halogenated alkanes) is 1. The maximum atomic E-state index is 14.0. The van der Waals surface area contributed by atoms with Crippen LogP contribution in [0.5, 0.6) is 0 Å². The van der Waals surface area contributed by atoms with Crippen LogP contribution in [0, 0.1) is 5.82 Å². The first-order valence-corrected chi connectivity index (χ1v) is 8.41. The van der Waals surface area contributed by atoms with Crippen LogP contribution in [0.25, 0.3) is 5.69 Å². The van der Waals surface area contributed by atoms with E-state index >= 15 is 0 Å². The lowest BCUT2D eigenvalue weighted by atomic mass is 10.3. The lowest BCUT2D eigenvalue weighted by Gasteiger charge is -2.09. The van der Waals surface area contributed by atoms with Crippen molar-refractivity contribution >= 4 is 27.3 Å². The predicted molar refractivity (Wildman–Crippen MR) is 78.7 cm³/mol. The normalized spacial score (nSPS) is 11.5. The summed E-state index contributed by atoms with van der Waals surface area (Å²) in [5, 5.41) is 3.82. The van der Waals surface area contributed by atoms with E-state index in [2.05, 4.69) is 14.8 Å². The number of halogens is 2. The summed E-state index contributed by atoms with van der Waals surface area (Å²) in [6.07, 6.45) is 3.71. The van der Waals surface area contributed by atoms with Crippen molar-refractivity contribution in [1.82, 2.24) is 14.8 Å². The number of hydrogen-bond donors (Lipinski definition) is 1. The Morgan fingerprint density at radius 1 is 1.33 bits per heavy atom. The Morgan fingerprint density at radius 3 is 2.76 bits per heavy atom. The Labute approximate surface area is 127 Å². The van der Waals surface area contributed by atoms with E-state index in [9.17, 15) is 12.8 Å². The van der Waals surface area contributed by atoms with Crippen LogP contribution in [-0.4, -0.2) is 34.8 Å². The molecule has 0 saturated heterocycles. The minimum absolute atomic E-state index is 0.0494. The van der Waals surface area contributed by atoms with E-state index in [-0.39, 0.29) is 17.1 Å². The molecule has 1 N–H and O–H groups in total. The average molecular weight is 333 g/mol. The quantitative estimate of drug-likeness (QED) is 0.622. The standard InChI is InChI=1S/C12H14ClFN4O2S/c13-5-1-2-6-21(19,20)17-10-3-4-12(11(14)7-10)18-9-15-8-16-18/h3-4,7-9,17H,1-2,5-6H2. The van der Waals surface area contributed by atoms with Crippen molar-refractivity contribution in [3.63, 3.8) is 0 Å². The van der Waals surface area contributed by atoms with Gasteiger partial charge in [-0.05, 0) is 25.0 Å². The van der Waals surface area contributed by atoms with Gasteiger partial charge >= 0.3 is 0 Å². The molecule has 0 fully saturated rings. The van der Waals surface area contributed by atoms with Crippen molar-refractivity contribution in [3.8, 4) is 5.69 Å². The highest BCUT2D eigenvalue weighted by Gasteiger charge is 2.12. The lowest BCUT2D eigenvalue weighted by molar-refractivity contribution is 0.597. The van der Waals surface area contributed by atoms with Crippen LogP contribution in [0.1, 0.15) is 12.8 Å². The number of nitrogens with zero attached hydrogens (tertiary/aromatic N) is 3. The molecule has 0 atom stereocenters. The summed E-state index contributed by atoms with van der Waals surface area (Å²) >= 11 is 5.50. The molecule has 0 unspecified atom stereocenters. The van der Waals surface area contributed by atoms with Gasteiger partial charge in [-0.25, -0.2) is 22.5 Å². The Kier molecular flexibility index (Phi) is 5.13. The smallest absolute Gasteiger partial charge is 0.232 e. The molecule has 2 aromatic rings. The van der Waals surface area contributed by atoms with Crippen LogP contribution < -0.4 is 4.72 Å². The van der Waals surface area contributed by atoms with E-state index in [0.717, 1.165) is 6.07 Å². The highest BCUT2D eigenvalue weighted by atomic mass is 35.5. The van der Waals surface area contributed by atoms with Crippen molar-refractivity contribution in [2.24, 2.45) is 0 Å². The maximum Gasteiger partial charge on any atom is 0.232 e. The van der Waals surface area contributed by atoms with E-state index in [1.54, 1.807) is 0 Å².